The van der Waals surface area contributed by atoms with Crippen LogP contribution in [0.4, 0.5) is 0 Å². The van der Waals surface area contributed by atoms with Crippen molar-refractivity contribution in [2.24, 2.45) is 5.73 Å². The van der Waals surface area contributed by atoms with Gasteiger partial charge in [-0.05, 0) is 53.6 Å². The van der Waals surface area contributed by atoms with Gasteiger partial charge in [0.05, 0.1) is 10.9 Å². The number of hydrogen-bond donors (Lipinski definition) is 2. The monoisotopic (exact) mass is 403 g/mol. The molecule has 1 aliphatic carbocycles. The van der Waals surface area contributed by atoms with Crippen molar-refractivity contribution in [1.29, 1.82) is 0 Å². The SMILES string of the molecule is Cl.NC1CCc2ccc(Oc3cccc4cccc(Cl)c34)cc2C1C(=O)O. The third-order valence-electron chi connectivity index (χ3n) is 4.94. The Morgan fingerprint density at radius 2 is 1.89 bits per heavy atom. The van der Waals surface area contributed by atoms with E-state index >= 15 is 0 Å². The summed E-state index contributed by atoms with van der Waals surface area (Å²) in [5.74, 6) is -0.390. The van der Waals surface area contributed by atoms with Crippen molar-refractivity contribution in [3.05, 3.63) is 70.7 Å². The van der Waals surface area contributed by atoms with Gasteiger partial charge in [0.1, 0.15) is 11.5 Å². The van der Waals surface area contributed by atoms with Crippen molar-refractivity contribution < 1.29 is 14.6 Å². The molecule has 4 rings (SSSR count). The van der Waals surface area contributed by atoms with Crippen molar-refractivity contribution in [3.63, 3.8) is 0 Å². The maximum Gasteiger partial charge on any atom is 0.312 e. The molecular formula is C21H19Cl2NO3. The standard InChI is InChI=1S/C21H18ClNO3.ClH/c22-16-5-1-3-13-4-2-6-18(19(13)16)26-14-9-7-12-8-10-17(23)20(21(24)25)15(12)11-14;/h1-7,9,11,17,20H,8,10,23H2,(H,24,25);1H. The smallest absolute Gasteiger partial charge is 0.312 e. The molecular weight excluding hydrogens is 385 g/mol. The molecule has 0 saturated heterocycles. The van der Waals surface area contributed by atoms with Crippen LogP contribution in [0.5, 0.6) is 11.5 Å². The van der Waals surface area contributed by atoms with Crippen molar-refractivity contribution in [2.75, 3.05) is 0 Å². The molecule has 2 atom stereocenters. The number of aliphatic carboxylic acids is 1. The first-order valence-electron chi connectivity index (χ1n) is 8.51. The Labute approximate surface area is 168 Å². The molecule has 3 aromatic carbocycles. The number of ether oxygens (including phenoxy) is 1. The molecule has 0 fully saturated rings. The van der Waals surface area contributed by atoms with Crippen LogP contribution >= 0.6 is 24.0 Å². The van der Waals surface area contributed by atoms with Gasteiger partial charge >= 0.3 is 5.97 Å². The van der Waals surface area contributed by atoms with Gasteiger partial charge in [0.25, 0.3) is 0 Å². The number of carboxylic acid groups (broad SMARTS) is 1. The molecule has 0 aromatic heterocycles. The average molecular weight is 404 g/mol. The van der Waals surface area contributed by atoms with E-state index in [9.17, 15) is 9.90 Å². The van der Waals surface area contributed by atoms with Crippen LogP contribution in [-0.4, -0.2) is 17.1 Å². The number of fused-ring (bicyclic) bond motifs is 2. The van der Waals surface area contributed by atoms with Crippen LogP contribution in [0.15, 0.2) is 54.6 Å². The number of carbonyl (C=O) groups is 1. The number of aryl methyl sites for hydroxylation is 1. The summed E-state index contributed by atoms with van der Waals surface area (Å²) in [6.07, 6.45) is 1.45. The number of carboxylic acids is 1. The average Bonchev–Trinajstić information content (AvgIpc) is 2.61. The fraction of sp³-hybridized carbons (Fsp3) is 0.190. The van der Waals surface area contributed by atoms with Gasteiger partial charge in [-0.3, -0.25) is 4.79 Å². The summed E-state index contributed by atoms with van der Waals surface area (Å²) >= 11 is 6.35. The lowest BCUT2D eigenvalue weighted by atomic mass is 9.79. The van der Waals surface area contributed by atoms with E-state index in [1.54, 1.807) is 6.07 Å². The first-order valence-corrected chi connectivity index (χ1v) is 8.88. The fourth-order valence-corrected chi connectivity index (χ4v) is 3.94. The highest BCUT2D eigenvalue weighted by Gasteiger charge is 2.33. The first-order chi connectivity index (χ1) is 12.5. The Kier molecular flexibility index (Phi) is 5.61. The van der Waals surface area contributed by atoms with Crippen LogP contribution in [0.1, 0.15) is 23.5 Å². The summed E-state index contributed by atoms with van der Waals surface area (Å²) in [5, 5.41) is 12.0. The molecule has 3 aromatic rings. The van der Waals surface area contributed by atoms with Gasteiger partial charge < -0.3 is 15.6 Å². The van der Waals surface area contributed by atoms with Crippen molar-refractivity contribution in [3.8, 4) is 11.5 Å². The quantitative estimate of drug-likeness (QED) is 0.633. The number of nitrogens with two attached hydrogens (primary N) is 1. The molecule has 27 heavy (non-hydrogen) atoms. The Morgan fingerprint density at radius 3 is 2.63 bits per heavy atom. The van der Waals surface area contributed by atoms with Gasteiger partial charge in [-0.1, -0.05) is 41.9 Å². The van der Waals surface area contributed by atoms with Gasteiger partial charge in [-0.2, -0.15) is 0 Å². The third kappa shape index (κ3) is 3.61. The Bertz CT molecular complexity index is 1000. The molecule has 140 valence electrons. The van der Waals surface area contributed by atoms with Crippen LogP contribution < -0.4 is 10.5 Å². The summed E-state index contributed by atoms with van der Waals surface area (Å²) in [4.78, 5) is 11.7. The summed E-state index contributed by atoms with van der Waals surface area (Å²) in [6.45, 7) is 0. The minimum atomic E-state index is -0.899. The highest BCUT2D eigenvalue weighted by molar-refractivity contribution is 6.36. The fourth-order valence-electron chi connectivity index (χ4n) is 3.66. The number of halogens is 2. The van der Waals surface area contributed by atoms with E-state index in [-0.39, 0.29) is 18.4 Å². The largest absolute Gasteiger partial charge is 0.481 e. The second-order valence-electron chi connectivity index (χ2n) is 6.58. The van der Waals surface area contributed by atoms with Crippen LogP contribution in [0.3, 0.4) is 0 Å². The molecule has 0 radical (unpaired) electrons. The van der Waals surface area contributed by atoms with E-state index < -0.39 is 11.9 Å². The Morgan fingerprint density at radius 1 is 1.15 bits per heavy atom. The highest BCUT2D eigenvalue weighted by atomic mass is 35.5. The summed E-state index contributed by atoms with van der Waals surface area (Å²) < 4.78 is 6.08. The zero-order valence-corrected chi connectivity index (χ0v) is 16.0. The molecule has 0 bridgehead atoms. The Hall–Kier alpha value is -2.27. The van der Waals surface area contributed by atoms with Crippen molar-refractivity contribution in [1.82, 2.24) is 0 Å². The maximum absolute atomic E-state index is 11.7. The number of benzene rings is 3. The highest BCUT2D eigenvalue weighted by Crippen LogP contribution is 2.38. The van der Waals surface area contributed by atoms with Gasteiger partial charge in [-0.25, -0.2) is 0 Å². The first kappa shape index (κ1) is 19.5. The van der Waals surface area contributed by atoms with Crippen LogP contribution in [-0.2, 0) is 11.2 Å². The summed E-state index contributed by atoms with van der Waals surface area (Å²) in [5.41, 5.74) is 7.80. The second kappa shape index (κ2) is 7.77. The summed E-state index contributed by atoms with van der Waals surface area (Å²) in [7, 11) is 0. The Balaban J connectivity index is 0.00000210. The maximum atomic E-state index is 11.7. The molecule has 0 amide bonds. The minimum Gasteiger partial charge on any atom is -0.481 e. The molecule has 0 heterocycles. The predicted octanol–water partition coefficient (Wildman–Crippen LogP) is 5.15. The van der Waals surface area contributed by atoms with E-state index in [2.05, 4.69) is 0 Å². The van der Waals surface area contributed by atoms with Gasteiger partial charge in [-0.15, -0.1) is 12.4 Å². The minimum absolute atomic E-state index is 0. The summed E-state index contributed by atoms with van der Waals surface area (Å²) in [6, 6.07) is 16.6. The number of hydrogen-bond acceptors (Lipinski definition) is 3. The van der Waals surface area contributed by atoms with Crippen molar-refractivity contribution in [2.45, 2.75) is 24.8 Å². The van der Waals surface area contributed by atoms with E-state index in [4.69, 9.17) is 22.1 Å². The third-order valence-corrected chi connectivity index (χ3v) is 5.25. The number of rotatable bonds is 3. The van der Waals surface area contributed by atoms with Crippen LogP contribution in [0.25, 0.3) is 10.8 Å². The predicted molar refractivity (Wildman–Crippen MR) is 109 cm³/mol. The lowest BCUT2D eigenvalue weighted by molar-refractivity contribution is -0.139. The van der Waals surface area contributed by atoms with E-state index in [1.165, 1.54) is 0 Å². The molecule has 0 spiro atoms. The van der Waals surface area contributed by atoms with Gasteiger partial charge in [0, 0.05) is 11.4 Å². The van der Waals surface area contributed by atoms with E-state index in [1.807, 2.05) is 48.5 Å². The van der Waals surface area contributed by atoms with E-state index in [0.29, 0.717) is 22.9 Å². The zero-order valence-electron chi connectivity index (χ0n) is 14.4. The lowest BCUT2D eigenvalue weighted by Gasteiger charge is -2.28. The van der Waals surface area contributed by atoms with Crippen molar-refractivity contribution >= 4 is 40.7 Å². The molecule has 6 heteroatoms. The van der Waals surface area contributed by atoms with Crippen LogP contribution in [0, 0.1) is 0 Å². The molecule has 0 aliphatic heterocycles. The lowest BCUT2D eigenvalue weighted by Crippen LogP contribution is -2.37. The van der Waals surface area contributed by atoms with Crippen LogP contribution in [0.2, 0.25) is 5.02 Å². The van der Waals surface area contributed by atoms with E-state index in [0.717, 1.165) is 28.3 Å². The molecule has 3 N–H and O–H groups in total. The molecule has 0 saturated carbocycles. The molecule has 1 aliphatic rings. The van der Waals surface area contributed by atoms with Gasteiger partial charge in [0.2, 0.25) is 0 Å². The zero-order chi connectivity index (χ0) is 18.3. The second-order valence-corrected chi connectivity index (χ2v) is 6.98. The van der Waals surface area contributed by atoms with Gasteiger partial charge in [0.15, 0.2) is 0 Å². The topological polar surface area (TPSA) is 72.5 Å². The molecule has 2 unspecified atom stereocenters. The molecule has 4 nitrogen and oxygen atoms in total. The normalized spacial score (nSPS) is 18.4.